The van der Waals surface area contributed by atoms with Crippen molar-refractivity contribution in [1.29, 1.82) is 0 Å². The first-order valence-electron chi connectivity index (χ1n) is 5.92. The molecular weight excluding hydrogens is 272 g/mol. The molecule has 5 atom stereocenters. The van der Waals surface area contributed by atoms with Gasteiger partial charge in [0.1, 0.15) is 0 Å². The third-order valence-electron chi connectivity index (χ3n) is 3.96. The Morgan fingerprint density at radius 2 is 1.30 bits per heavy atom. The van der Waals surface area contributed by atoms with E-state index in [1.807, 2.05) is 0 Å². The molecule has 1 rings (SSSR count). The van der Waals surface area contributed by atoms with E-state index < -0.39 is 46.5 Å². The van der Waals surface area contributed by atoms with E-state index >= 15 is 0 Å². The van der Waals surface area contributed by atoms with Crippen LogP contribution in [0.4, 0.5) is 0 Å². The van der Waals surface area contributed by atoms with E-state index in [0.29, 0.717) is 0 Å². The minimum atomic E-state index is -3.23. The molecule has 1 aliphatic rings. The molecular formula is C12H18O8. The Labute approximate surface area is 115 Å². The number of rotatable bonds is 3. The number of hydrogen-bond acceptors (Lipinski definition) is 8. The molecule has 0 aromatic carbocycles. The highest BCUT2D eigenvalue weighted by molar-refractivity contribution is 6.05. The van der Waals surface area contributed by atoms with Crippen molar-refractivity contribution in [3.63, 3.8) is 0 Å². The minimum absolute atomic E-state index is 0.784. The summed E-state index contributed by atoms with van der Waals surface area (Å²) < 4.78 is 4.79. The summed E-state index contributed by atoms with van der Waals surface area (Å²) >= 11 is 0. The van der Waals surface area contributed by atoms with Gasteiger partial charge in [0.15, 0.2) is 29.2 Å². The third kappa shape index (κ3) is 1.63. The zero-order valence-electron chi connectivity index (χ0n) is 11.6. The number of hydrogen-bond donors (Lipinski definition) is 4. The highest BCUT2D eigenvalue weighted by atomic mass is 16.6. The summed E-state index contributed by atoms with van der Waals surface area (Å²) in [7, 11) is 0. The van der Waals surface area contributed by atoms with Gasteiger partial charge in [-0.25, -0.2) is 0 Å². The van der Waals surface area contributed by atoms with Crippen LogP contribution in [0.2, 0.25) is 0 Å². The fourth-order valence-corrected chi connectivity index (χ4v) is 2.66. The van der Waals surface area contributed by atoms with Crippen LogP contribution in [0.5, 0.6) is 0 Å². The van der Waals surface area contributed by atoms with Crippen molar-refractivity contribution in [2.75, 3.05) is 0 Å². The van der Waals surface area contributed by atoms with Gasteiger partial charge in [0, 0.05) is 0 Å². The van der Waals surface area contributed by atoms with Gasteiger partial charge in [0.2, 0.25) is 11.2 Å². The van der Waals surface area contributed by atoms with E-state index in [9.17, 15) is 34.8 Å². The largest absolute Gasteiger partial charge is 0.376 e. The Morgan fingerprint density at radius 3 is 1.60 bits per heavy atom. The van der Waals surface area contributed by atoms with Crippen molar-refractivity contribution >= 4 is 17.3 Å². The average Bonchev–Trinajstić information content (AvgIpc) is 2.32. The number of ether oxygens (including phenoxy) is 1. The summed E-state index contributed by atoms with van der Waals surface area (Å²) in [6.45, 7) is 3.56. The van der Waals surface area contributed by atoms with Crippen LogP contribution in [0, 0.1) is 0 Å². The van der Waals surface area contributed by atoms with Gasteiger partial charge in [-0.2, -0.15) is 0 Å². The lowest BCUT2D eigenvalue weighted by Gasteiger charge is -2.55. The molecule has 0 saturated carbocycles. The van der Waals surface area contributed by atoms with E-state index in [0.717, 1.165) is 27.7 Å². The maximum absolute atomic E-state index is 11.8. The molecule has 4 N–H and O–H groups in total. The van der Waals surface area contributed by atoms with Crippen LogP contribution in [-0.4, -0.2) is 67.0 Å². The summed E-state index contributed by atoms with van der Waals surface area (Å²) in [5, 5.41) is 41.0. The van der Waals surface area contributed by atoms with Gasteiger partial charge in [-0.15, -0.1) is 0 Å². The van der Waals surface area contributed by atoms with Crippen molar-refractivity contribution in [2.45, 2.75) is 56.9 Å². The van der Waals surface area contributed by atoms with Crippen molar-refractivity contribution in [1.82, 2.24) is 0 Å². The van der Waals surface area contributed by atoms with E-state index in [1.54, 1.807) is 0 Å². The second-order valence-electron chi connectivity index (χ2n) is 5.04. The predicted molar refractivity (Wildman–Crippen MR) is 63.4 cm³/mol. The number of ketones is 3. The highest BCUT2D eigenvalue weighted by Gasteiger charge is 2.77. The SMILES string of the molecule is CC(=O)[C@@]1(O)[C@](O)(C(C)=O)C(O)O[C@H](C)[C@@]1(O)C(C)=O. The molecule has 1 unspecified atom stereocenters. The Hall–Kier alpha value is -1.19. The highest BCUT2D eigenvalue weighted by Crippen LogP contribution is 2.45. The third-order valence-corrected chi connectivity index (χ3v) is 3.96. The number of Topliss-reactive ketones (excluding diaryl/α,β-unsaturated/α-hetero) is 3. The van der Waals surface area contributed by atoms with Crippen LogP contribution < -0.4 is 0 Å². The molecule has 0 aliphatic carbocycles. The van der Waals surface area contributed by atoms with E-state index in [2.05, 4.69) is 0 Å². The zero-order chi connectivity index (χ0) is 16.1. The molecule has 1 heterocycles. The molecule has 20 heavy (non-hydrogen) atoms. The topological polar surface area (TPSA) is 141 Å². The second kappa shape index (κ2) is 4.68. The summed E-state index contributed by atoms with van der Waals surface area (Å²) in [5.74, 6) is -3.56. The van der Waals surface area contributed by atoms with Gasteiger partial charge in [0.25, 0.3) is 0 Å². The number of aliphatic hydroxyl groups is 4. The summed E-state index contributed by atoms with van der Waals surface area (Å²) in [4.78, 5) is 35.2. The molecule has 0 radical (unpaired) electrons. The van der Waals surface area contributed by atoms with Gasteiger partial charge in [-0.05, 0) is 27.7 Å². The number of carbonyl (C=O) groups excluding carboxylic acids is 3. The molecule has 1 aliphatic heterocycles. The number of aliphatic hydroxyl groups excluding tert-OH is 1. The zero-order valence-corrected chi connectivity index (χ0v) is 11.6. The van der Waals surface area contributed by atoms with Gasteiger partial charge < -0.3 is 25.2 Å². The Kier molecular flexibility index (Phi) is 3.94. The monoisotopic (exact) mass is 290 g/mol. The Morgan fingerprint density at radius 1 is 0.900 bits per heavy atom. The molecule has 1 fully saturated rings. The van der Waals surface area contributed by atoms with Crippen LogP contribution in [0.15, 0.2) is 0 Å². The normalized spacial score (nSPS) is 45.0. The molecule has 0 aromatic heterocycles. The fourth-order valence-electron chi connectivity index (χ4n) is 2.66. The molecule has 0 spiro atoms. The molecule has 1 saturated heterocycles. The lowest BCUT2D eigenvalue weighted by atomic mass is 9.61. The second-order valence-corrected chi connectivity index (χ2v) is 5.04. The maximum Gasteiger partial charge on any atom is 0.213 e. The average molecular weight is 290 g/mol. The summed E-state index contributed by atoms with van der Waals surface area (Å²) in [5.41, 5.74) is -9.26. The minimum Gasteiger partial charge on any atom is -0.376 e. The van der Waals surface area contributed by atoms with Gasteiger partial charge in [-0.1, -0.05) is 0 Å². The fraction of sp³-hybridized carbons (Fsp3) is 0.750. The van der Waals surface area contributed by atoms with Gasteiger partial charge >= 0.3 is 0 Å². The van der Waals surface area contributed by atoms with E-state index in [-0.39, 0.29) is 0 Å². The van der Waals surface area contributed by atoms with Crippen LogP contribution in [0.1, 0.15) is 27.7 Å². The van der Waals surface area contributed by atoms with Crippen molar-refractivity contribution in [3.05, 3.63) is 0 Å². The van der Waals surface area contributed by atoms with Crippen LogP contribution in [0.25, 0.3) is 0 Å². The maximum atomic E-state index is 11.8. The lowest BCUT2D eigenvalue weighted by molar-refractivity contribution is -0.353. The van der Waals surface area contributed by atoms with Crippen LogP contribution in [0.3, 0.4) is 0 Å². The van der Waals surface area contributed by atoms with E-state index in [1.165, 1.54) is 0 Å². The molecule has 0 aromatic rings. The van der Waals surface area contributed by atoms with Crippen molar-refractivity contribution in [3.8, 4) is 0 Å². The number of carbonyl (C=O) groups is 3. The van der Waals surface area contributed by atoms with Crippen molar-refractivity contribution < 1.29 is 39.5 Å². The van der Waals surface area contributed by atoms with Crippen LogP contribution >= 0.6 is 0 Å². The summed E-state index contributed by atoms with van der Waals surface area (Å²) in [6.07, 6.45) is -3.80. The quantitative estimate of drug-likeness (QED) is 0.454. The molecule has 0 bridgehead atoms. The molecule has 8 heteroatoms. The smallest absolute Gasteiger partial charge is 0.213 e. The molecule has 0 amide bonds. The summed E-state index contributed by atoms with van der Waals surface area (Å²) in [6, 6.07) is 0. The standard InChI is InChI=1S/C12H18O8/c1-5(13)10(17)8(4)20-9(16)11(18,6(2)14)12(10,19)7(3)15/h8-9,16-19H,1-4H3/t8-,9?,10+,11+,12+/m1/s1. The Balaban J connectivity index is 3.76. The first kappa shape index (κ1) is 16.9. The van der Waals surface area contributed by atoms with Gasteiger partial charge in [-0.3, -0.25) is 14.4 Å². The van der Waals surface area contributed by atoms with Crippen LogP contribution in [-0.2, 0) is 19.1 Å². The predicted octanol–water partition coefficient (Wildman–Crippen LogP) is -2.32. The Bertz CT molecular complexity index is 440. The lowest BCUT2D eigenvalue weighted by Crippen LogP contribution is -2.85. The van der Waals surface area contributed by atoms with E-state index in [4.69, 9.17) is 4.74 Å². The molecule has 114 valence electrons. The first-order chi connectivity index (χ1) is 8.88. The first-order valence-corrected chi connectivity index (χ1v) is 5.92. The van der Waals surface area contributed by atoms with Gasteiger partial charge in [0.05, 0.1) is 6.10 Å². The molecule has 8 nitrogen and oxygen atoms in total. The van der Waals surface area contributed by atoms with Crippen molar-refractivity contribution in [2.24, 2.45) is 0 Å².